The van der Waals surface area contributed by atoms with E-state index >= 15 is 0 Å². The molecule has 0 saturated carbocycles. The standard InChI is InChI=1S/C9H10N2/c1-4-8-6(2)9(10)5-11-7(8)3/h1,5H,10H2,2-3H3. The number of nitrogens with two attached hydrogens (primary N) is 1. The number of anilines is 1. The number of nitrogens with zero attached hydrogens (tertiary/aromatic N) is 1. The van der Waals surface area contributed by atoms with Gasteiger partial charge in [0, 0.05) is 0 Å². The summed E-state index contributed by atoms with van der Waals surface area (Å²) in [4.78, 5) is 4.04. The molecule has 0 bridgehead atoms. The van der Waals surface area contributed by atoms with Crippen LogP contribution in [0.1, 0.15) is 16.8 Å². The number of nitrogen functional groups attached to an aromatic ring is 1. The second-order valence-corrected chi connectivity index (χ2v) is 2.44. The van der Waals surface area contributed by atoms with Crippen LogP contribution in [-0.4, -0.2) is 4.98 Å². The molecule has 56 valence electrons. The summed E-state index contributed by atoms with van der Waals surface area (Å²) in [7, 11) is 0. The molecule has 2 heteroatoms. The van der Waals surface area contributed by atoms with Crippen molar-refractivity contribution in [2.24, 2.45) is 0 Å². The fraction of sp³-hybridized carbons (Fsp3) is 0.222. The second kappa shape index (κ2) is 2.63. The van der Waals surface area contributed by atoms with E-state index in [1.165, 1.54) is 0 Å². The number of pyridine rings is 1. The van der Waals surface area contributed by atoms with Crippen LogP contribution in [0.15, 0.2) is 6.20 Å². The Morgan fingerprint density at radius 1 is 1.55 bits per heavy atom. The van der Waals surface area contributed by atoms with E-state index in [0.717, 1.165) is 16.8 Å². The first-order valence-corrected chi connectivity index (χ1v) is 3.35. The van der Waals surface area contributed by atoms with Crippen molar-refractivity contribution in [3.8, 4) is 12.3 Å². The van der Waals surface area contributed by atoms with Gasteiger partial charge in [-0.2, -0.15) is 0 Å². The molecule has 0 aliphatic rings. The third-order valence-corrected chi connectivity index (χ3v) is 1.71. The van der Waals surface area contributed by atoms with Crippen LogP contribution >= 0.6 is 0 Å². The van der Waals surface area contributed by atoms with Crippen molar-refractivity contribution >= 4 is 5.69 Å². The van der Waals surface area contributed by atoms with E-state index in [1.54, 1.807) is 6.20 Å². The van der Waals surface area contributed by atoms with Gasteiger partial charge in [0.25, 0.3) is 0 Å². The molecule has 0 aliphatic carbocycles. The Balaban J connectivity index is 3.44. The Kier molecular flexibility index (Phi) is 1.82. The fourth-order valence-electron chi connectivity index (χ4n) is 0.956. The smallest absolute Gasteiger partial charge is 0.0543 e. The van der Waals surface area contributed by atoms with Gasteiger partial charge >= 0.3 is 0 Å². The third-order valence-electron chi connectivity index (χ3n) is 1.71. The van der Waals surface area contributed by atoms with Gasteiger partial charge in [-0.05, 0) is 19.4 Å². The van der Waals surface area contributed by atoms with Gasteiger partial charge in [0.15, 0.2) is 0 Å². The Bertz CT molecular complexity index is 321. The monoisotopic (exact) mass is 146 g/mol. The highest BCUT2D eigenvalue weighted by Gasteiger charge is 2.02. The Hall–Kier alpha value is -1.49. The van der Waals surface area contributed by atoms with Crippen molar-refractivity contribution in [2.45, 2.75) is 13.8 Å². The number of aromatic nitrogens is 1. The van der Waals surface area contributed by atoms with Gasteiger partial charge < -0.3 is 5.73 Å². The maximum atomic E-state index is 5.61. The van der Waals surface area contributed by atoms with Crippen LogP contribution in [0.5, 0.6) is 0 Å². The van der Waals surface area contributed by atoms with Gasteiger partial charge in [-0.3, -0.25) is 4.98 Å². The minimum absolute atomic E-state index is 0.656. The van der Waals surface area contributed by atoms with Gasteiger partial charge in [0.05, 0.1) is 23.1 Å². The normalized spacial score (nSPS) is 9.18. The molecule has 2 N–H and O–H groups in total. The molecule has 0 spiro atoms. The third kappa shape index (κ3) is 1.18. The van der Waals surface area contributed by atoms with Crippen LogP contribution in [0.3, 0.4) is 0 Å². The number of terminal acetylenes is 1. The number of hydrogen-bond acceptors (Lipinski definition) is 2. The predicted octanol–water partition coefficient (Wildman–Crippen LogP) is 1.26. The first-order chi connectivity index (χ1) is 5.16. The van der Waals surface area contributed by atoms with Crippen molar-refractivity contribution in [3.63, 3.8) is 0 Å². The van der Waals surface area contributed by atoms with Gasteiger partial charge in [-0.1, -0.05) is 5.92 Å². The predicted molar refractivity (Wildman–Crippen MR) is 46.1 cm³/mol. The summed E-state index contributed by atoms with van der Waals surface area (Å²) in [5.74, 6) is 2.56. The highest BCUT2D eigenvalue weighted by atomic mass is 14.7. The second-order valence-electron chi connectivity index (χ2n) is 2.44. The molecule has 2 nitrogen and oxygen atoms in total. The highest BCUT2D eigenvalue weighted by molar-refractivity contribution is 5.55. The molecule has 0 saturated heterocycles. The topological polar surface area (TPSA) is 38.9 Å². The number of rotatable bonds is 0. The quantitative estimate of drug-likeness (QED) is 0.560. The molecular formula is C9H10N2. The molecule has 1 rings (SSSR count). The molecular weight excluding hydrogens is 136 g/mol. The maximum Gasteiger partial charge on any atom is 0.0543 e. The van der Waals surface area contributed by atoms with Crippen LogP contribution in [0, 0.1) is 26.2 Å². The summed E-state index contributed by atoms with van der Waals surface area (Å²) in [6.07, 6.45) is 6.91. The molecule has 1 aromatic rings. The van der Waals surface area contributed by atoms with Crippen molar-refractivity contribution < 1.29 is 0 Å². The molecule has 0 aliphatic heterocycles. The van der Waals surface area contributed by atoms with Gasteiger partial charge in [-0.15, -0.1) is 6.42 Å². The van der Waals surface area contributed by atoms with E-state index < -0.39 is 0 Å². The largest absolute Gasteiger partial charge is 0.397 e. The summed E-state index contributed by atoms with van der Waals surface area (Å²) >= 11 is 0. The summed E-state index contributed by atoms with van der Waals surface area (Å²) < 4.78 is 0. The van der Waals surface area contributed by atoms with Crippen LogP contribution in [0.2, 0.25) is 0 Å². The van der Waals surface area contributed by atoms with Crippen molar-refractivity contribution in [3.05, 3.63) is 23.0 Å². The molecule has 0 amide bonds. The van der Waals surface area contributed by atoms with E-state index in [9.17, 15) is 0 Å². The van der Waals surface area contributed by atoms with Crippen LogP contribution in [-0.2, 0) is 0 Å². The average Bonchev–Trinajstić information content (AvgIpc) is 1.99. The zero-order valence-corrected chi connectivity index (χ0v) is 6.68. The van der Waals surface area contributed by atoms with E-state index in [4.69, 9.17) is 12.2 Å². The van der Waals surface area contributed by atoms with E-state index in [0.29, 0.717) is 5.69 Å². The van der Waals surface area contributed by atoms with E-state index in [-0.39, 0.29) is 0 Å². The summed E-state index contributed by atoms with van der Waals surface area (Å²) in [5.41, 5.74) is 8.88. The maximum absolute atomic E-state index is 5.61. The lowest BCUT2D eigenvalue weighted by Crippen LogP contribution is -1.97. The van der Waals surface area contributed by atoms with Crippen LogP contribution in [0.4, 0.5) is 5.69 Å². The van der Waals surface area contributed by atoms with E-state index in [2.05, 4.69) is 10.9 Å². The Morgan fingerprint density at radius 2 is 2.18 bits per heavy atom. The Morgan fingerprint density at radius 3 is 2.64 bits per heavy atom. The summed E-state index contributed by atoms with van der Waals surface area (Å²) in [5, 5.41) is 0. The molecule has 0 aromatic carbocycles. The number of aryl methyl sites for hydroxylation is 1. The van der Waals surface area contributed by atoms with E-state index in [1.807, 2.05) is 13.8 Å². The first kappa shape index (κ1) is 7.62. The zero-order valence-electron chi connectivity index (χ0n) is 6.68. The lowest BCUT2D eigenvalue weighted by molar-refractivity contribution is 1.16. The van der Waals surface area contributed by atoms with Crippen molar-refractivity contribution in [2.75, 3.05) is 5.73 Å². The molecule has 11 heavy (non-hydrogen) atoms. The van der Waals surface area contributed by atoms with Crippen molar-refractivity contribution in [1.82, 2.24) is 4.98 Å². The summed E-state index contributed by atoms with van der Waals surface area (Å²) in [6.45, 7) is 3.78. The minimum atomic E-state index is 0.656. The van der Waals surface area contributed by atoms with Crippen LogP contribution in [0.25, 0.3) is 0 Å². The summed E-state index contributed by atoms with van der Waals surface area (Å²) in [6, 6.07) is 0. The van der Waals surface area contributed by atoms with Gasteiger partial charge in [0.2, 0.25) is 0 Å². The fourth-order valence-corrected chi connectivity index (χ4v) is 0.956. The van der Waals surface area contributed by atoms with Crippen LogP contribution < -0.4 is 5.73 Å². The minimum Gasteiger partial charge on any atom is -0.397 e. The lowest BCUT2D eigenvalue weighted by atomic mass is 10.1. The van der Waals surface area contributed by atoms with Gasteiger partial charge in [-0.25, -0.2) is 0 Å². The highest BCUT2D eigenvalue weighted by Crippen LogP contribution is 2.15. The zero-order chi connectivity index (χ0) is 8.43. The molecule has 0 unspecified atom stereocenters. The molecule has 1 heterocycles. The van der Waals surface area contributed by atoms with Gasteiger partial charge in [0.1, 0.15) is 0 Å². The molecule has 0 fully saturated rings. The average molecular weight is 146 g/mol. The SMILES string of the molecule is C#Cc1c(C)ncc(N)c1C. The molecule has 0 radical (unpaired) electrons. The lowest BCUT2D eigenvalue weighted by Gasteiger charge is -2.04. The number of hydrogen-bond donors (Lipinski definition) is 1. The molecule has 0 atom stereocenters. The first-order valence-electron chi connectivity index (χ1n) is 3.35. The molecule has 1 aromatic heterocycles. The Labute approximate surface area is 66.4 Å². The van der Waals surface area contributed by atoms with Crippen molar-refractivity contribution in [1.29, 1.82) is 0 Å².